The molecule has 0 aliphatic carbocycles. The number of carbonyl (C=O) groups is 1. The minimum atomic E-state index is -1.26. The first-order valence-electron chi connectivity index (χ1n) is 4.89. The Kier molecular flexibility index (Phi) is 3.07. The third-order valence-corrected chi connectivity index (χ3v) is 2.53. The first-order valence-corrected chi connectivity index (χ1v) is 4.89. The molecule has 1 aliphatic rings. The van der Waals surface area contributed by atoms with Crippen LogP contribution in [0.2, 0.25) is 0 Å². The molecule has 1 aromatic rings. The number of carbonyl (C=O) groups excluding carboxylic acids is 1. The number of nitrogens with one attached hydrogen (secondary N) is 1. The largest absolute Gasteiger partial charge is 0.394 e. The number of aromatic amines is 1. The van der Waals surface area contributed by atoms with Crippen LogP contribution in [0.4, 0.5) is 0 Å². The van der Waals surface area contributed by atoms with Crippen molar-refractivity contribution in [1.29, 1.82) is 0 Å². The van der Waals surface area contributed by atoms with E-state index in [1.165, 1.54) is 0 Å². The lowest BCUT2D eigenvalue weighted by molar-refractivity contribution is -0.0252. The van der Waals surface area contributed by atoms with E-state index in [2.05, 4.69) is 15.2 Å². The number of aliphatic hydroxyl groups excluding tert-OH is 3. The molecular formula is C8H12N4O5. The fourth-order valence-electron chi connectivity index (χ4n) is 1.64. The van der Waals surface area contributed by atoms with Gasteiger partial charge < -0.3 is 25.8 Å². The monoisotopic (exact) mass is 244 g/mol. The molecule has 2 rings (SSSR count). The third-order valence-electron chi connectivity index (χ3n) is 2.53. The Morgan fingerprint density at radius 3 is 2.65 bits per heavy atom. The van der Waals surface area contributed by atoms with Crippen molar-refractivity contribution < 1.29 is 24.9 Å². The number of nitrogens with zero attached hydrogens (tertiary/aromatic N) is 2. The summed E-state index contributed by atoms with van der Waals surface area (Å²) in [5.41, 5.74) is 4.96. The number of aromatic nitrogens is 3. The molecule has 0 spiro atoms. The number of nitrogens with two attached hydrogens (primary N) is 1. The minimum Gasteiger partial charge on any atom is -0.394 e. The molecule has 1 aromatic heterocycles. The standard InChI is InChI=1S/C8H12N4O5/c9-6(16)8-10-7(11-12-8)5-4(15)3(14)2(1-13)17-5/h2-5,13-15H,1H2,(H2,9,16)(H,10,11,12)/t2-,3-,4+,5-/m1/s1. The second-order valence-corrected chi connectivity index (χ2v) is 3.67. The van der Waals surface area contributed by atoms with Crippen LogP contribution in [0.1, 0.15) is 22.5 Å². The molecule has 9 heteroatoms. The van der Waals surface area contributed by atoms with E-state index in [1.807, 2.05) is 0 Å². The predicted octanol–water partition coefficient (Wildman–Crippen LogP) is -2.94. The molecule has 0 radical (unpaired) electrons. The zero-order valence-corrected chi connectivity index (χ0v) is 8.65. The van der Waals surface area contributed by atoms with E-state index in [0.29, 0.717) is 0 Å². The number of H-pyrrole nitrogens is 1. The highest BCUT2D eigenvalue weighted by Crippen LogP contribution is 2.31. The van der Waals surface area contributed by atoms with Crippen LogP contribution in [0.5, 0.6) is 0 Å². The molecule has 2 heterocycles. The number of hydrogen-bond acceptors (Lipinski definition) is 7. The van der Waals surface area contributed by atoms with Crippen LogP contribution in [0.3, 0.4) is 0 Å². The highest BCUT2D eigenvalue weighted by molar-refractivity contribution is 5.88. The van der Waals surface area contributed by atoms with Crippen LogP contribution in [-0.4, -0.2) is 61.3 Å². The van der Waals surface area contributed by atoms with E-state index >= 15 is 0 Å². The molecule has 6 N–H and O–H groups in total. The zero-order valence-electron chi connectivity index (χ0n) is 8.65. The van der Waals surface area contributed by atoms with Crippen LogP contribution in [-0.2, 0) is 4.74 Å². The zero-order chi connectivity index (χ0) is 12.6. The van der Waals surface area contributed by atoms with Crippen LogP contribution in [0.25, 0.3) is 0 Å². The Labute approximate surface area is 95.2 Å². The molecule has 0 saturated carbocycles. The van der Waals surface area contributed by atoms with Gasteiger partial charge in [-0.05, 0) is 0 Å². The van der Waals surface area contributed by atoms with Gasteiger partial charge in [-0.1, -0.05) is 0 Å². The predicted molar refractivity (Wildman–Crippen MR) is 51.6 cm³/mol. The number of primary amides is 1. The number of aliphatic hydroxyl groups is 3. The van der Waals surface area contributed by atoms with E-state index in [1.54, 1.807) is 0 Å². The van der Waals surface area contributed by atoms with Crippen molar-refractivity contribution in [3.8, 4) is 0 Å². The van der Waals surface area contributed by atoms with Crippen molar-refractivity contribution in [2.45, 2.75) is 24.4 Å². The second-order valence-electron chi connectivity index (χ2n) is 3.67. The van der Waals surface area contributed by atoms with Crippen molar-refractivity contribution in [2.75, 3.05) is 6.61 Å². The van der Waals surface area contributed by atoms with Crippen molar-refractivity contribution in [3.05, 3.63) is 11.6 Å². The lowest BCUT2D eigenvalue weighted by Crippen LogP contribution is -2.32. The van der Waals surface area contributed by atoms with Gasteiger partial charge in [-0.25, -0.2) is 4.98 Å². The fraction of sp³-hybridized carbons (Fsp3) is 0.625. The molecule has 1 fully saturated rings. The summed E-state index contributed by atoms with van der Waals surface area (Å²) in [6.07, 6.45) is -4.38. The van der Waals surface area contributed by atoms with Gasteiger partial charge in [0.25, 0.3) is 5.91 Å². The Hall–Kier alpha value is -1.55. The molecule has 17 heavy (non-hydrogen) atoms. The molecular weight excluding hydrogens is 232 g/mol. The Morgan fingerprint density at radius 1 is 1.47 bits per heavy atom. The average molecular weight is 244 g/mol. The first-order chi connectivity index (χ1) is 8.04. The van der Waals surface area contributed by atoms with Gasteiger partial charge in [0.1, 0.15) is 24.4 Å². The van der Waals surface area contributed by atoms with E-state index in [-0.39, 0.29) is 11.6 Å². The van der Waals surface area contributed by atoms with Crippen LogP contribution in [0, 0.1) is 0 Å². The maximum Gasteiger partial charge on any atom is 0.288 e. The van der Waals surface area contributed by atoms with E-state index in [0.717, 1.165) is 0 Å². The average Bonchev–Trinajstić information content (AvgIpc) is 2.87. The first kappa shape index (κ1) is 11.9. The maximum atomic E-state index is 10.8. The smallest absolute Gasteiger partial charge is 0.288 e. The molecule has 9 nitrogen and oxygen atoms in total. The molecule has 4 atom stereocenters. The third kappa shape index (κ3) is 2.00. The molecule has 1 aliphatic heterocycles. The van der Waals surface area contributed by atoms with Gasteiger partial charge in [-0.3, -0.25) is 9.89 Å². The number of ether oxygens (including phenoxy) is 1. The molecule has 0 unspecified atom stereocenters. The molecule has 1 amide bonds. The van der Waals surface area contributed by atoms with Crippen LogP contribution < -0.4 is 5.73 Å². The summed E-state index contributed by atoms with van der Waals surface area (Å²) < 4.78 is 5.18. The Morgan fingerprint density at radius 2 is 2.18 bits per heavy atom. The summed E-state index contributed by atoms with van der Waals surface area (Å²) in [4.78, 5) is 14.5. The van der Waals surface area contributed by atoms with Gasteiger partial charge in [-0.15, -0.1) is 5.10 Å². The summed E-state index contributed by atoms with van der Waals surface area (Å²) >= 11 is 0. The van der Waals surface area contributed by atoms with Gasteiger partial charge >= 0.3 is 0 Å². The highest BCUT2D eigenvalue weighted by atomic mass is 16.6. The van der Waals surface area contributed by atoms with Crippen molar-refractivity contribution in [3.63, 3.8) is 0 Å². The summed E-state index contributed by atoms with van der Waals surface area (Å²) in [6, 6.07) is 0. The minimum absolute atomic E-state index is 0.0706. The molecule has 0 bridgehead atoms. The lowest BCUT2D eigenvalue weighted by Gasteiger charge is -2.10. The van der Waals surface area contributed by atoms with Gasteiger partial charge in [-0.2, -0.15) is 0 Å². The summed E-state index contributed by atoms with van der Waals surface area (Å²) in [5.74, 6) is -0.988. The number of rotatable bonds is 3. The van der Waals surface area contributed by atoms with Gasteiger partial charge in [0.05, 0.1) is 6.61 Å². The van der Waals surface area contributed by atoms with Gasteiger partial charge in [0.2, 0.25) is 5.82 Å². The summed E-state index contributed by atoms with van der Waals surface area (Å²) in [7, 11) is 0. The fourth-order valence-corrected chi connectivity index (χ4v) is 1.64. The number of amides is 1. The normalized spacial score (nSPS) is 32.9. The van der Waals surface area contributed by atoms with Crippen molar-refractivity contribution >= 4 is 5.91 Å². The lowest BCUT2D eigenvalue weighted by atomic mass is 10.1. The van der Waals surface area contributed by atoms with Crippen LogP contribution >= 0.6 is 0 Å². The number of hydrogen-bond donors (Lipinski definition) is 5. The quantitative estimate of drug-likeness (QED) is 0.381. The Bertz CT molecular complexity index is 422. The summed E-state index contributed by atoms with van der Waals surface area (Å²) in [6.45, 7) is -0.439. The molecule has 1 saturated heterocycles. The van der Waals surface area contributed by atoms with Crippen LogP contribution in [0.15, 0.2) is 0 Å². The molecule has 0 aromatic carbocycles. The second kappa shape index (κ2) is 4.37. The van der Waals surface area contributed by atoms with Crippen molar-refractivity contribution in [2.24, 2.45) is 5.73 Å². The van der Waals surface area contributed by atoms with Crippen molar-refractivity contribution in [1.82, 2.24) is 15.2 Å². The van der Waals surface area contributed by atoms with E-state index in [9.17, 15) is 15.0 Å². The van der Waals surface area contributed by atoms with Gasteiger partial charge in [0.15, 0.2) is 5.82 Å². The Balaban J connectivity index is 2.19. The van der Waals surface area contributed by atoms with Gasteiger partial charge in [0, 0.05) is 0 Å². The van der Waals surface area contributed by atoms with E-state index < -0.39 is 36.9 Å². The maximum absolute atomic E-state index is 10.8. The SMILES string of the molecule is NC(=O)c1n[nH]c([C@@H]2O[C@H](CO)[C@@H](O)[C@@H]2O)n1. The summed E-state index contributed by atoms with van der Waals surface area (Å²) in [5, 5.41) is 34.0. The highest BCUT2D eigenvalue weighted by Gasteiger charge is 2.44. The molecule has 94 valence electrons. The topological polar surface area (TPSA) is 155 Å². The van der Waals surface area contributed by atoms with E-state index in [4.69, 9.17) is 15.6 Å².